The molecule has 0 aliphatic carbocycles. The summed E-state index contributed by atoms with van der Waals surface area (Å²) in [6.45, 7) is 1.77. The molecule has 2 aromatic rings. The maximum Gasteiger partial charge on any atom is 0.418 e. The maximum absolute atomic E-state index is 12.9. The molecule has 0 bridgehead atoms. The van der Waals surface area contributed by atoms with Crippen molar-refractivity contribution < 1.29 is 18.0 Å². The number of nitrogens with zero attached hydrogens (tertiary/aromatic N) is 2. The highest BCUT2D eigenvalue weighted by atomic mass is 35.5. The number of aromatic nitrogens is 2. The lowest BCUT2D eigenvalue weighted by Gasteiger charge is -2.14. The third-order valence-electron chi connectivity index (χ3n) is 2.89. The first-order chi connectivity index (χ1) is 10.2. The normalized spacial score (nSPS) is 11.4. The first kappa shape index (κ1) is 16.2. The predicted octanol–water partition coefficient (Wildman–Crippen LogP) is 4.04. The topological polar surface area (TPSA) is 59.0 Å². The van der Waals surface area contributed by atoms with E-state index in [1.54, 1.807) is 20.0 Å². The van der Waals surface area contributed by atoms with Crippen LogP contribution in [0.5, 0.6) is 0 Å². The molecule has 9 heteroatoms. The van der Waals surface area contributed by atoms with Crippen LogP contribution in [-0.4, -0.2) is 15.8 Å². The number of aryl methyl sites for hydroxylation is 2. The molecule has 0 saturated heterocycles. The summed E-state index contributed by atoms with van der Waals surface area (Å²) >= 11 is 5.57. The molecule has 2 N–H and O–H groups in total. The molecule has 22 heavy (non-hydrogen) atoms. The Hall–Kier alpha value is -2.22. The molecule has 2 amide bonds. The third kappa shape index (κ3) is 3.70. The Morgan fingerprint density at radius 1 is 1.27 bits per heavy atom. The van der Waals surface area contributed by atoms with Gasteiger partial charge in [0.05, 0.1) is 11.3 Å². The van der Waals surface area contributed by atoms with Crippen LogP contribution in [0.25, 0.3) is 0 Å². The van der Waals surface area contributed by atoms with Gasteiger partial charge in [-0.2, -0.15) is 18.3 Å². The summed E-state index contributed by atoms with van der Waals surface area (Å²) < 4.78 is 40.3. The predicted molar refractivity (Wildman–Crippen MR) is 77.0 cm³/mol. The fourth-order valence-corrected chi connectivity index (χ4v) is 1.92. The summed E-state index contributed by atoms with van der Waals surface area (Å²) in [4.78, 5) is 11.8. The van der Waals surface area contributed by atoms with Gasteiger partial charge in [-0.3, -0.25) is 10.00 Å². The van der Waals surface area contributed by atoms with E-state index in [2.05, 4.69) is 15.7 Å². The molecular weight excluding hydrogens is 321 g/mol. The quantitative estimate of drug-likeness (QED) is 0.871. The van der Waals surface area contributed by atoms with Crippen LogP contribution in [0.2, 0.25) is 5.02 Å². The highest BCUT2D eigenvalue weighted by Gasteiger charge is 2.34. The van der Waals surface area contributed by atoms with Gasteiger partial charge in [-0.25, -0.2) is 4.79 Å². The second-order valence-electron chi connectivity index (χ2n) is 4.56. The summed E-state index contributed by atoms with van der Waals surface area (Å²) in [7, 11) is 1.68. The van der Waals surface area contributed by atoms with Crippen molar-refractivity contribution in [2.75, 3.05) is 10.6 Å². The molecule has 0 saturated carbocycles. The Bertz CT molecular complexity index is 692. The van der Waals surface area contributed by atoms with Gasteiger partial charge in [-0.15, -0.1) is 0 Å². The standard InChI is InChI=1S/C13H12ClF3N4O/c1-7-5-11(20-21(7)2)19-12(22)18-10-4-3-8(14)6-9(10)13(15,16)17/h3-6H,1-2H3,(H2,18,19,20,22). The van der Waals surface area contributed by atoms with Gasteiger partial charge in [0.1, 0.15) is 0 Å². The number of urea groups is 1. The van der Waals surface area contributed by atoms with E-state index < -0.39 is 17.8 Å². The summed E-state index contributed by atoms with van der Waals surface area (Å²) in [5, 5.41) is 8.41. The van der Waals surface area contributed by atoms with Crippen LogP contribution in [-0.2, 0) is 13.2 Å². The Balaban J connectivity index is 2.18. The van der Waals surface area contributed by atoms with E-state index in [1.807, 2.05) is 0 Å². The van der Waals surface area contributed by atoms with Gasteiger partial charge >= 0.3 is 12.2 Å². The number of hydrogen-bond acceptors (Lipinski definition) is 2. The molecular formula is C13H12ClF3N4O. The molecule has 0 atom stereocenters. The van der Waals surface area contributed by atoms with Crippen LogP contribution in [0.4, 0.5) is 29.5 Å². The molecule has 0 fully saturated rings. The summed E-state index contributed by atoms with van der Waals surface area (Å²) in [6, 6.07) is 3.87. The SMILES string of the molecule is Cc1cc(NC(=O)Nc2ccc(Cl)cc2C(F)(F)F)nn1C. The van der Waals surface area contributed by atoms with Gasteiger partial charge in [-0.05, 0) is 25.1 Å². The summed E-state index contributed by atoms with van der Waals surface area (Å²) in [6.07, 6.45) is -4.63. The van der Waals surface area contributed by atoms with E-state index in [0.29, 0.717) is 0 Å². The molecule has 2 rings (SSSR count). The number of carbonyl (C=O) groups excluding carboxylic acids is 1. The lowest BCUT2D eigenvalue weighted by Crippen LogP contribution is -2.22. The first-order valence-electron chi connectivity index (χ1n) is 6.12. The zero-order valence-corrected chi connectivity index (χ0v) is 12.4. The molecule has 0 unspecified atom stereocenters. The van der Waals surface area contributed by atoms with Crippen LogP contribution >= 0.6 is 11.6 Å². The van der Waals surface area contributed by atoms with Crippen molar-refractivity contribution in [2.24, 2.45) is 7.05 Å². The van der Waals surface area contributed by atoms with Gasteiger partial charge in [0.2, 0.25) is 0 Å². The molecule has 5 nitrogen and oxygen atoms in total. The summed E-state index contributed by atoms with van der Waals surface area (Å²) in [5.74, 6) is 0.236. The van der Waals surface area contributed by atoms with Crippen LogP contribution < -0.4 is 10.6 Å². The number of nitrogens with one attached hydrogen (secondary N) is 2. The van der Waals surface area contributed by atoms with Gasteiger partial charge in [0, 0.05) is 23.8 Å². The van der Waals surface area contributed by atoms with Crippen molar-refractivity contribution in [1.82, 2.24) is 9.78 Å². The lowest BCUT2D eigenvalue weighted by atomic mass is 10.1. The molecule has 118 valence electrons. The monoisotopic (exact) mass is 332 g/mol. The first-order valence-corrected chi connectivity index (χ1v) is 6.50. The van der Waals surface area contributed by atoms with Crippen molar-refractivity contribution in [3.8, 4) is 0 Å². The minimum absolute atomic E-state index is 0.0707. The number of carbonyl (C=O) groups is 1. The fourth-order valence-electron chi connectivity index (χ4n) is 1.75. The van der Waals surface area contributed by atoms with E-state index >= 15 is 0 Å². The number of amides is 2. The number of rotatable bonds is 2. The second kappa shape index (κ2) is 5.88. The number of alkyl halides is 3. The minimum Gasteiger partial charge on any atom is -0.307 e. The highest BCUT2D eigenvalue weighted by Crippen LogP contribution is 2.36. The Morgan fingerprint density at radius 2 is 1.95 bits per heavy atom. The smallest absolute Gasteiger partial charge is 0.307 e. The van der Waals surface area contributed by atoms with E-state index in [1.165, 1.54) is 10.7 Å². The van der Waals surface area contributed by atoms with E-state index in [9.17, 15) is 18.0 Å². The molecule has 0 spiro atoms. The maximum atomic E-state index is 12.9. The van der Waals surface area contributed by atoms with Gasteiger partial charge in [-0.1, -0.05) is 11.6 Å². The molecule has 0 radical (unpaired) electrons. The molecule has 1 heterocycles. The van der Waals surface area contributed by atoms with Crippen molar-refractivity contribution in [3.63, 3.8) is 0 Å². The largest absolute Gasteiger partial charge is 0.418 e. The number of anilines is 2. The Labute approximate surface area is 129 Å². The number of halogens is 4. The van der Waals surface area contributed by atoms with Crippen LogP contribution in [0.1, 0.15) is 11.3 Å². The molecule has 1 aromatic carbocycles. The fraction of sp³-hybridized carbons (Fsp3) is 0.231. The van der Waals surface area contributed by atoms with Gasteiger partial charge in [0.25, 0.3) is 0 Å². The van der Waals surface area contributed by atoms with Crippen molar-refractivity contribution in [2.45, 2.75) is 13.1 Å². The van der Waals surface area contributed by atoms with Gasteiger partial charge < -0.3 is 5.32 Å². The Kier molecular flexibility index (Phi) is 4.32. The van der Waals surface area contributed by atoms with Crippen molar-refractivity contribution in [3.05, 3.63) is 40.5 Å². The van der Waals surface area contributed by atoms with Crippen LogP contribution in [0.15, 0.2) is 24.3 Å². The summed E-state index contributed by atoms with van der Waals surface area (Å²) in [5.41, 5.74) is -0.618. The average molecular weight is 333 g/mol. The van der Waals surface area contributed by atoms with Crippen molar-refractivity contribution in [1.29, 1.82) is 0 Å². The van der Waals surface area contributed by atoms with E-state index in [0.717, 1.165) is 17.8 Å². The molecule has 0 aliphatic rings. The number of benzene rings is 1. The lowest BCUT2D eigenvalue weighted by molar-refractivity contribution is -0.136. The molecule has 1 aromatic heterocycles. The van der Waals surface area contributed by atoms with Crippen molar-refractivity contribution >= 4 is 29.1 Å². The van der Waals surface area contributed by atoms with Gasteiger partial charge in [0.15, 0.2) is 5.82 Å². The second-order valence-corrected chi connectivity index (χ2v) is 5.00. The van der Waals surface area contributed by atoms with Crippen LogP contribution in [0, 0.1) is 6.92 Å². The average Bonchev–Trinajstić information content (AvgIpc) is 2.69. The van der Waals surface area contributed by atoms with Crippen LogP contribution in [0.3, 0.4) is 0 Å². The number of hydrogen-bond donors (Lipinski definition) is 2. The van der Waals surface area contributed by atoms with E-state index in [4.69, 9.17) is 11.6 Å². The zero-order chi connectivity index (χ0) is 16.5. The molecule has 0 aliphatic heterocycles. The Morgan fingerprint density at radius 3 is 2.50 bits per heavy atom. The third-order valence-corrected chi connectivity index (χ3v) is 3.13. The zero-order valence-electron chi connectivity index (χ0n) is 11.6. The van der Waals surface area contributed by atoms with E-state index in [-0.39, 0.29) is 16.5 Å². The minimum atomic E-state index is -4.63. The highest BCUT2D eigenvalue weighted by molar-refractivity contribution is 6.30.